The molecule has 0 spiro atoms. The fourth-order valence-electron chi connectivity index (χ4n) is 3.36. The Morgan fingerprint density at radius 1 is 1.15 bits per heavy atom. The molecule has 1 unspecified atom stereocenters. The zero-order valence-electron chi connectivity index (χ0n) is 14.3. The topological polar surface area (TPSA) is 100 Å². The summed E-state index contributed by atoms with van der Waals surface area (Å²) < 4.78 is 7.44. The number of H-pyrrole nitrogens is 2. The molecular formula is C17H18N8O. The van der Waals surface area contributed by atoms with Crippen molar-refractivity contribution in [2.45, 2.75) is 13.0 Å². The molecule has 5 rings (SSSR count). The lowest BCUT2D eigenvalue weighted by molar-refractivity contribution is 0.0984. The van der Waals surface area contributed by atoms with E-state index in [1.54, 1.807) is 12.4 Å². The smallest absolute Gasteiger partial charge is 0.179 e. The summed E-state index contributed by atoms with van der Waals surface area (Å²) in [6.07, 6.45) is 5.28. The van der Waals surface area contributed by atoms with Crippen molar-refractivity contribution >= 4 is 11.3 Å². The summed E-state index contributed by atoms with van der Waals surface area (Å²) in [6, 6.07) is 6.17. The molecule has 132 valence electrons. The Morgan fingerprint density at radius 3 is 2.69 bits per heavy atom. The molecular weight excluding hydrogens is 332 g/mol. The van der Waals surface area contributed by atoms with Crippen molar-refractivity contribution in [3.63, 3.8) is 0 Å². The van der Waals surface area contributed by atoms with Crippen LogP contribution in [0.5, 0.6) is 0 Å². The Hall–Kier alpha value is -3.20. The van der Waals surface area contributed by atoms with Crippen LogP contribution in [0.25, 0.3) is 28.3 Å². The lowest BCUT2D eigenvalue weighted by Gasteiger charge is -2.34. The molecule has 0 saturated carbocycles. The van der Waals surface area contributed by atoms with E-state index in [2.05, 4.69) is 43.3 Å². The van der Waals surface area contributed by atoms with Gasteiger partial charge in [-0.1, -0.05) is 0 Å². The number of hydrogen-bond donors (Lipinski definition) is 2. The number of anilines is 1. The Morgan fingerprint density at radius 2 is 1.96 bits per heavy atom. The largest absolute Gasteiger partial charge is 0.377 e. The second-order valence-corrected chi connectivity index (χ2v) is 6.35. The van der Waals surface area contributed by atoms with Crippen molar-refractivity contribution in [3.8, 4) is 22.8 Å². The molecule has 9 nitrogen and oxygen atoms in total. The first-order valence-electron chi connectivity index (χ1n) is 8.54. The number of ether oxygens (including phenoxy) is 1. The standard InChI is InChI=1S/C17H18N8O/c1-11-10-26-7-6-24(11)16-8-12(13-2-4-19-21-13)15-9-18-17(25(15)23-16)14-3-5-20-22-14/h2-5,8-9,11H,6-7,10H2,1H3,(H,19,21)(H,20,22). The zero-order valence-corrected chi connectivity index (χ0v) is 14.3. The third kappa shape index (κ3) is 2.36. The highest BCUT2D eigenvalue weighted by atomic mass is 16.5. The summed E-state index contributed by atoms with van der Waals surface area (Å²) in [6.45, 7) is 4.33. The fraction of sp³-hybridized carbons (Fsp3) is 0.294. The van der Waals surface area contributed by atoms with Crippen LogP contribution in [-0.2, 0) is 4.74 Å². The SMILES string of the molecule is CC1COCCN1c1cc(-c2ccn[nH]2)c2cnc(-c3ccn[nH]3)n2n1. The minimum absolute atomic E-state index is 0.252. The molecule has 1 aliphatic rings. The number of imidazole rings is 1. The van der Waals surface area contributed by atoms with Crippen molar-refractivity contribution in [3.05, 3.63) is 36.8 Å². The van der Waals surface area contributed by atoms with Gasteiger partial charge in [0.25, 0.3) is 0 Å². The lowest BCUT2D eigenvalue weighted by Crippen LogP contribution is -2.44. The highest BCUT2D eigenvalue weighted by Gasteiger charge is 2.23. The number of aromatic nitrogens is 7. The zero-order chi connectivity index (χ0) is 17.5. The summed E-state index contributed by atoms with van der Waals surface area (Å²) in [7, 11) is 0. The van der Waals surface area contributed by atoms with E-state index in [0.29, 0.717) is 13.2 Å². The van der Waals surface area contributed by atoms with Gasteiger partial charge >= 0.3 is 0 Å². The maximum atomic E-state index is 5.57. The molecule has 1 aliphatic heterocycles. The Bertz CT molecular complexity index is 1020. The fourth-order valence-corrected chi connectivity index (χ4v) is 3.36. The first kappa shape index (κ1) is 15.1. The van der Waals surface area contributed by atoms with Gasteiger partial charge in [-0.15, -0.1) is 5.10 Å². The van der Waals surface area contributed by atoms with Gasteiger partial charge < -0.3 is 9.64 Å². The molecule has 1 fully saturated rings. The van der Waals surface area contributed by atoms with Crippen molar-refractivity contribution in [2.75, 3.05) is 24.7 Å². The minimum Gasteiger partial charge on any atom is -0.377 e. The number of fused-ring (bicyclic) bond motifs is 1. The van der Waals surface area contributed by atoms with Gasteiger partial charge in [-0.25, -0.2) is 9.50 Å². The number of rotatable bonds is 3. The first-order chi connectivity index (χ1) is 12.8. The molecule has 1 saturated heterocycles. The predicted molar refractivity (Wildman–Crippen MR) is 95.8 cm³/mol. The average Bonchev–Trinajstić information content (AvgIpc) is 3.41. The van der Waals surface area contributed by atoms with E-state index in [1.165, 1.54) is 0 Å². The number of nitrogens with one attached hydrogen (secondary N) is 2. The number of nitrogens with zero attached hydrogens (tertiary/aromatic N) is 6. The van der Waals surface area contributed by atoms with Crippen LogP contribution in [-0.4, -0.2) is 60.8 Å². The van der Waals surface area contributed by atoms with E-state index in [4.69, 9.17) is 9.84 Å². The van der Waals surface area contributed by atoms with Crippen molar-refractivity contribution < 1.29 is 4.74 Å². The van der Waals surface area contributed by atoms with Crippen LogP contribution in [0.1, 0.15) is 6.92 Å². The predicted octanol–water partition coefficient (Wildman–Crippen LogP) is 1.73. The van der Waals surface area contributed by atoms with Crippen LogP contribution in [0.4, 0.5) is 5.82 Å². The first-order valence-corrected chi connectivity index (χ1v) is 8.54. The third-order valence-corrected chi connectivity index (χ3v) is 4.68. The molecule has 26 heavy (non-hydrogen) atoms. The third-order valence-electron chi connectivity index (χ3n) is 4.68. The van der Waals surface area contributed by atoms with Gasteiger partial charge in [0.05, 0.1) is 36.7 Å². The van der Waals surface area contributed by atoms with Crippen LogP contribution in [0.15, 0.2) is 36.8 Å². The van der Waals surface area contributed by atoms with Crippen LogP contribution in [0.2, 0.25) is 0 Å². The Kier molecular flexibility index (Phi) is 3.45. The van der Waals surface area contributed by atoms with Crippen molar-refractivity contribution in [2.24, 2.45) is 0 Å². The Labute approximate surface area is 149 Å². The molecule has 1 atom stereocenters. The van der Waals surface area contributed by atoms with Gasteiger partial charge in [-0.3, -0.25) is 10.2 Å². The summed E-state index contributed by atoms with van der Waals surface area (Å²) >= 11 is 0. The maximum absolute atomic E-state index is 5.57. The lowest BCUT2D eigenvalue weighted by atomic mass is 10.1. The summed E-state index contributed by atoms with van der Waals surface area (Å²) in [5.41, 5.74) is 3.66. The normalized spacial score (nSPS) is 17.9. The number of morpholine rings is 1. The molecule has 5 heterocycles. The Balaban J connectivity index is 1.74. The molecule has 0 bridgehead atoms. The summed E-state index contributed by atoms with van der Waals surface area (Å²) in [4.78, 5) is 6.83. The van der Waals surface area contributed by atoms with Crippen LogP contribution in [0, 0.1) is 0 Å². The molecule has 2 N–H and O–H groups in total. The highest BCUT2D eigenvalue weighted by Crippen LogP contribution is 2.30. The monoisotopic (exact) mass is 350 g/mol. The molecule has 0 aromatic carbocycles. The van der Waals surface area contributed by atoms with Gasteiger partial charge in [0, 0.05) is 24.5 Å². The van der Waals surface area contributed by atoms with Crippen molar-refractivity contribution in [1.82, 2.24) is 35.0 Å². The van der Waals surface area contributed by atoms with Crippen LogP contribution in [0.3, 0.4) is 0 Å². The molecule has 9 heteroatoms. The minimum atomic E-state index is 0.252. The second kappa shape index (κ2) is 5.95. The van der Waals surface area contributed by atoms with Gasteiger partial charge in [-0.05, 0) is 25.1 Å². The van der Waals surface area contributed by atoms with E-state index < -0.39 is 0 Å². The molecule has 0 amide bonds. The van der Waals surface area contributed by atoms with Crippen LogP contribution >= 0.6 is 0 Å². The molecule has 4 aromatic heterocycles. The van der Waals surface area contributed by atoms with Crippen molar-refractivity contribution in [1.29, 1.82) is 0 Å². The molecule has 4 aromatic rings. The van der Waals surface area contributed by atoms with E-state index in [-0.39, 0.29) is 6.04 Å². The van der Waals surface area contributed by atoms with Gasteiger partial charge in [0.1, 0.15) is 5.69 Å². The van der Waals surface area contributed by atoms with Gasteiger partial charge in [0.15, 0.2) is 11.6 Å². The van der Waals surface area contributed by atoms with Gasteiger partial charge in [0.2, 0.25) is 0 Å². The van der Waals surface area contributed by atoms with E-state index in [9.17, 15) is 0 Å². The highest BCUT2D eigenvalue weighted by molar-refractivity contribution is 5.81. The number of hydrogen-bond acceptors (Lipinski definition) is 6. The summed E-state index contributed by atoms with van der Waals surface area (Å²) in [5, 5.41) is 19.0. The second-order valence-electron chi connectivity index (χ2n) is 6.35. The molecule has 0 radical (unpaired) electrons. The van der Waals surface area contributed by atoms with E-state index in [0.717, 1.165) is 40.7 Å². The number of aromatic amines is 2. The van der Waals surface area contributed by atoms with E-state index >= 15 is 0 Å². The maximum Gasteiger partial charge on any atom is 0.179 e. The van der Waals surface area contributed by atoms with E-state index in [1.807, 2.05) is 22.8 Å². The quantitative estimate of drug-likeness (QED) is 0.584. The molecule has 0 aliphatic carbocycles. The van der Waals surface area contributed by atoms with Crippen LogP contribution < -0.4 is 4.90 Å². The van der Waals surface area contributed by atoms with Gasteiger partial charge in [-0.2, -0.15) is 10.2 Å². The average molecular weight is 350 g/mol. The summed E-state index contributed by atoms with van der Waals surface area (Å²) in [5.74, 6) is 1.61.